The number of rotatable bonds is 6. The lowest BCUT2D eigenvalue weighted by Gasteiger charge is -2.16. The minimum Gasteiger partial charge on any atom is -0.508 e. The average molecular weight is 338 g/mol. The van der Waals surface area contributed by atoms with Crippen molar-refractivity contribution in [3.63, 3.8) is 0 Å². The second-order valence-corrected chi connectivity index (χ2v) is 5.97. The van der Waals surface area contributed by atoms with Crippen LogP contribution in [0.25, 0.3) is 6.08 Å². The van der Waals surface area contributed by atoms with Crippen molar-refractivity contribution in [2.75, 3.05) is 7.11 Å². The van der Waals surface area contributed by atoms with Crippen molar-refractivity contribution < 1.29 is 19.7 Å². The molecule has 130 valence electrons. The van der Waals surface area contributed by atoms with E-state index in [0.29, 0.717) is 16.9 Å². The van der Waals surface area contributed by atoms with Crippen LogP contribution >= 0.6 is 0 Å². The number of methoxy groups -OCH3 is 1. The van der Waals surface area contributed by atoms with Crippen LogP contribution in [0.15, 0.2) is 54.6 Å². The number of hydrogen-bond acceptors (Lipinski definition) is 4. The summed E-state index contributed by atoms with van der Waals surface area (Å²) in [7, 11) is 1.51. The predicted octanol–water partition coefficient (Wildman–Crippen LogP) is 4.68. The van der Waals surface area contributed by atoms with E-state index in [9.17, 15) is 15.0 Å². The normalized spacial score (nSPS) is 12.1. The number of allylic oxidation sites excluding steroid dienone is 2. The molecule has 0 saturated carbocycles. The number of hydrogen-bond donors (Lipinski definition) is 2. The third kappa shape index (κ3) is 4.29. The van der Waals surface area contributed by atoms with Gasteiger partial charge in [0.15, 0.2) is 5.78 Å². The van der Waals surface area contributed by atoms with Crippen molar-refractivity contribution in [1.29, 1.82) is 0 Å². The highest BCUT2D eigenvalue weighted by Gasteiger charge is 2.15. The molecule has 0 fully saturated rings. The molecule has 0 amide bonds. The quantitative estimate of drug-likeness (QED) is 0.456. The van der Waals surface area contributed by atoms with Crippen LogP contribution in [0.4, 0.5) is 0 Å². The van der Waals surface area contributed by atoms with Gasteiger partial charge in [-0.05, 0) is 49.4 Å². The molecule has 1 atom stereocenters. The van der Waals surface area contributed by atoms with E-state index < -0.39 is 0 Å². The maximum absolute atomic E-state index is 12.3. The number of aromatic hydroxyl groups is 2. The van der Waals surface area contributed by atoms with E-state index in [1.54, 1.807) is 30.3 Å². The standard InChI is InChI=1S/C21H22O4/c1-13(2)14(3)18-11-16(21(25-4)12-20(18)24)7-10-19(23)15-5-8-17(22)9-6-15/h5-12,14,22,24H,1H2,2-4H3/b10-7+. The Morgan fingerprint density at radius 3 is 2.40 bits per heavy atom. The molecule has 0 aliphatic rings. The molecule has 0 aromatic heterocycles. The smallest absolute Gasteiger partial charge is 0.185 e. The average Bonchev–Trinajstić information content (AvgIpc) is 2.59. The van der Waals surface area contributed by atoms with Crippen LogP contribution in [0, 0.1) is 0 Å². The first kappa shape index (κ1) is 18.3. The molecule has 4 nitrogen and oxygen atoms in total. The number of phenolic OH excluding ortho intramolecular Hbond substituents is 2. The molecule has 2 rings (SSSR count). The molecule has 0 aliphatic heterocycles. The van der Waals surface area contributed by atoms with Crippen LogP contribution in [0.5, 0.6) is 17.2 Å². The molecule has 0 heterocycles. The lowest BCUT2D eigenvalue weighted by molar-refractivity contribution is 0.104. The van der Waals surface area contributed by atoms with Crippen molar-refractivity contribution in [1.82, 2.24) is 0 Å². The Morgan fingerprint density at radius 2 is 1.84 bits per heavy atom. The van der Waals surface area contributed by atoms with Crippen molar-refractivity contribution >= 4 is 11.9 Å². The summed E-state index contributed by atoms with van der Waals surface area (Å²) in [4.78, 5) is 12.3. The first-order valence-corrected chi connectivity index (χ1v) is 7.91. The molecule has 2 aromatic rings. The molecule has 0 bridgehead atoms. The molecule has 0 aliphatic carbocycles. The topological polar surface area (TPSA) is 66.8 Å². The van der Waals surface area contributed by atoms with Gasteiger partial charge in [-0.3, -0.25) is 4.79 Å². The highest BCUT2D eigenvalue weighted by Crippen LogP contribution is 2.36. The monoisotopic (exact) mass is 338 g/mol. The largest absolute Gasteiger partial charge is 0.508 e. The summed E-state index contributed by atoms with van der Waals surface area (Å²) in [6.07, 6.45) is 3.10. The third-order valence-corrected chi connectivity index (χ3v) is 4.15. The molecule has 25 heavy (non-hydrogen) atoms. The molecule has 0 radical (unpaired) electrons. The molecule has 0 saturated heterocycles. The van der Waals surface area contributed by atoms with Crippen molar-refractivity contribution in [3.05, 3.63) is 71.3 Å². The predicted molar refractivity (Wildman–Crippen MR) is 99.4 cm³/mol. The Bertz CT molecular complexity index is 817. The van der Waals surface area contributed by atoms with Crippen LogP contribution in [-0.4, -0.2) is 23.1 Å². The molecule has 2 aromatic carbocycles. The van der Waals surface area contributed by atoms with Gasteiger partial charge in [0, 0.05) is 28.7 Å². The van der Waals surface area contributed by atoms with E-state index >= 15 is 0 Å². The number of phenols is 2. The van der Waals surface area contributed by atoms with Crippen molar-refractivity contribution in [2.24, 2.45) is 0 Å². The van der Waals surface area contributed by atoms with E-state index in [0.717, 1.165) is 11.1 Å². The van der Waals surface area contributed by atoms with Gasteiger partial charge in [0.1, 0.15) is 17.2 Å². The number of ether oxygens (including phenoxy) is 1. The summed E-state index contributed by atoms with van der Waals surface area (Å²) in [5, 5.41) is 19.5. The summed E-state index contributed by atoms with van der Waals surface area (Å²) in [5.41, 5.74) is 2.82. The van der Waals surface area contributed by atoms with Crippen LogP contribution in [0.3, 0.4) is 0 Å². The molecule has 1 unspecified atom stereocenters. The van der Waals surface area contributed by atoms with Gasteiger partial charge in [0.25, 0.3) is 0 Å². The van der Waals surface area contributed by atoms with Gasteiger partial charge < -0.3 is 14.9 Å². The minimum absolute atomic E-state index is 0.0224. The molecule has 0 spiro atoms. The summed E-state index contributed by atoms with van der Waals surface area (Å²) in [5.74, 6) is 0.508. The van der Waals surface area contributed by atoms with Crippen molar-refractivity contribution in [3.8, 4) is 17.2 Å². The van der Waals surface area contributed by atoms with Gasteiger partial charge in [-0.15, -0.1) is 0 Å². The molecule has 2 N–H and O–H groups in total. The Balaban J connectivity index is 2.36. The second-order valence-electron chi connectivity index (χ2n) is 5.97. The summed E-state index contributed by atoms with van der Waals surface area (Å²) in [6, 6.07) is 9.40. The van der Waals surface area contributed by atoms with Gasteiger partial charge in [0.2, 0.25) is 0 Å². The van der Waals surface area contributed by atoms with Crippen LogP contribution < -0.4 is 4.74 Å². The van der Waals surface area contributed by atoms with Gasteiger partial charge in [0.05, 0.1) is 7.11 Å². The second kappa shape index (κ2) is 7.71. The number of carbonyl (C=O) groups is 1. The van der Waals surface area contributed by atoms with Gasteiger partial charge >= 0.3 is 0 Å². The Morgan fingerprint density at radius 1 is 1.20 bits per heavy atom. The summed E-state index contributed by atoms with van der Waals surface area (Å²) in [6.45, 7) is 7.79. The van der Waals surface area contributed by atoms with E-state index in [1.807, 2.05) is 13.8 Å². The number of benzene rings is 2. The first-order chi connectivity index (χ1) is 11.8. The van der Waals surface area contributed by atoms with Gasteiger partial charge in [-0.1, -0.05) is 19.1 Å². The first-order valence-electron chi connectivity index (χ1n) is 7.91. The summed E-state index contributed by atoms with van der Waals surface area (Å²) >= 11 is 0. The summed E-state index contributed by atoms with van der Waals surface area (Å²) < 4.78 is 5.30. The zero-order valence-corrected chi connectivity index (χ0v) is 14.6. The van der Waals surface area contributed by atoms with E-state index in [-0.39, 0.29) is 23.2 Å². The van der Waals surface area contributed by atoms with Gasteiger partial charge in [-0.25, -0.2) is 0 Å². The molecular formula is C21H22O4. The fraction of sp³-hybridized carbons (Fsp3) is 0.190. The van der Waals surface area contributed by atoms with E-state index in [2.05, 4.69) is 6.58 Å². The fourth-order valence-corrected chi connectivity index (χ4v) is 2.41. The fourth-order valence-electron chi connectivity index (χ4n) is 2.41. The zero-order valence-electron chi connectivity index (χ0n) is 14.6. The van der Waals surface area contributed by atoms with Crippen LogP contribution in [-0.2, 0) is 0 Å². The minimum atomic E-state index is -0.190. The Hall–Kier alpha value is -3.01. The Kier molecular flexibility index (Phi) is 5.65. The lowest BCUT2D eigenvalue weighted by Crippen LogP contribution is -1.98. The lowest BCUT2D eigenvalue weighted by atomic mass is 9.92. The molecule has 4 heteroatoms. The highest BCUT2D eigenvalue weighted by atomic mass is 16.5. The molecular weight excluding hydrogens is 316 g/mol. The Labute approximate surface area is 147 Å². The van der Waals surface area contributed by atoms with Crippen LogP contribution in [0.1, 0.15) is 41.3 Å². The van der Waals surface area contributed by atoms with Crippen LogP contribution in [0.2, 0.25) is 0 Å². The SMILES string of the molecule is C=C(C)C(C)c1cc(/C=C/C(=O)c2ccc(O)cc2)c(OC)cc1O. The maximum atomic E-state index is 12.3. The van der Waals surface area contributed by atoms with E-state index in [1.165, 1.54) is 25.3 Å². The zero-order chi connectivity index (χ0) is 18.6. The van der Waals surface area contributed by atoms with Crippen molar-refractivity contribution in [2.45, 2.75) is 19.8 Å². The number of carbonyl (C=O) groups excluding carboxylic acids is 1. The highest BCUT2D eigenvalue weighted by molar-refractivity contribution is 6.07. The number of ketones is 1. The third-order valence-electron chi connectivity index (χ3n) is 4.15. The van der Waals surface area contributed by atoms with Gasteiger partial charge in [-0.2, -0.15) is 0 Å². The van der Waals surface area contributed by atoms with E-state index in [4.69, 9.17) is 4.74 Å². The maximum Gasteiger partial charge on any atom is 0.185 e.